The highest BCUT2D eigenvalue weighted by Gasteiger charge is 2.22. The van der Waals surface area contributed by atoms with E-state index in [-0.39, 0.29) is 5.82 Å². The van der Waals surface area contributed by atoms with E-state index in [0.717, 1.165) is 55.4 Å². The maximum Gasteiger partial charge on any atom is 0.123 e. The van der Waals surface area contributed by atoms with Crippen molar-refractivity contribution < 1.29 is 14.0 Å². The van der Waals surface area contributed by atoms with Crippen molar-refractivity contribution in [1.29, 1.82) is 0 Å². The van der Waals surface area contributed by atoms with Crippen LogP contribution in [0, 0.1) is 5.82 Å². The van der Waals surface area contributed by atoms with Crippen LogP contribution in [0.2, 0.25) is 0 Å². The van der Waals surface area contributed by atoms with E-state index >= 15 is 0 Å². The van der Waals surface area contributed by atoms with Crippen molar-refractivity contribution in [2.24, 2.45) is 0 Å². The molecule has 0 saturated carbocycles. The predicted octanol–water partition coefficient (Wildman–Crippen LogP) is 2.13. The lowest BCUT2D eigenvalue weighted by atomic mass is 10.1. The summed E-state index contributed by atoms with van der Waals surface area (Å²) in [4.78, 5) is 3.85. The summed E-state index contributed by atoms with van der Waals surface area (Å²) in [5.74, 6) is 0.663. The number of quaternary nitrogens is 1. The summed E-state index contributed by atoms with van der Waals surface area (Å²) in [7, 11) is 1.67. The molecule has 1 fully saturated rings. The van der Waals surface area contributed by atoms with Crippen LogP contribution in [-0.4, -0.2) is 43.5 Å². The van der Waals surface area contributed by atoms with E-state index in [1.54, 1.807) is 7.11 Å². The van der Waals surface area contributed by atoms with Crippen molar-refractivity contribution in [1.82, 2.24) is 10.2 Å². The average molecular weight is 367 g/mol. The van der Waals surface area contributed by atoms with Crippen LogP contribution in [0.1, 0.15) is 5.56 Å². The number of H-pyrrole nitrogens is 1. The first-order valence-corrected chi connectivity index (χ1v) is 9.23. The van der Waals surface area contributed by atoms with Crippen molar-refractivity contribution in [2.45, 2.75) is 6.54 Å². The number of nitrogens with one attached hydrogen (secondary N) is 2. The van der Waals surface area contributed by atoms with Gasteiger partial charge >= 0.3 is 0 Å². The van der Waals surface area contributed by atoms with E-state index in [9.17, 15) is 4.39 Å². The Morgan fingerprint density at radius 1 is 1.07 bits per heavy atom. The molecule has 0 bridgehead atoms. The summed E-state index contributed by atoms with van der Waals surface area (Å²) in [6, 6.07) is 14.8. The Kier molecular flexibility index (Phi) is 5.07. The Labute approximate surface area is 158 Å². The lowest BCUT2D eigenvalue weighted by Crippen LogP contribution is -3.13. The molecule has 0 amide bonds. The standard InChI is InChI=1S/C21H23FN4O/c1-27-20-8-2-16(3-9-20)21-17(14-23-24-21)15-25-10-12-26(13-11-25)19-6-4-18(22)5-7-19/h2-9,14H,10-13,15H2,1H3,(H,23,24)/p+1. The van der Waals surface area contributed by atoms with Gasteiger partial charge in [-0.2, -0.15) is 5.10 Å². The molecule has 6 heteroatoms. The molecule has 0 atom stereocenters. The third kappa shape index (κ3) is 3.95. The Morgan fingerprint density at radius 3 is 2.44 bits per heavy atom. The quantitative estimate of drug-likeness (QED) is 0.726. The summed E-state index contributed by atoms with van der Waals surface area (Å²) in [6.07, 6.45) is 1.93. The third-order valence-electron chi connectivity index (χ3n) is 5.20. The van der Waals surface area contributed by atoms with Gasteiger partial charge in [0.05, 0.1) is 50.7 Å². The molecule has 27 heavy (non-hydrogen) atoms. The first-order chi connectivity index (χ1) is 13.2. The second-order valence-corrected chi connectivity index (χ2v) is 6.89. The lowest BCUT2D eigenvalue weighted by Gasteiger charge is -2.33. The smallest absolute Gasteiger partial charge is 0.123 e. The number of hydrogen-bond acceptors (Lipinski definition) is 3. The van der Waals surface area contributed by atoms with E-state index in [2.05, 4.69) is 27.2 Å². The van der Waals surface area contributed by atoms with Gasteiger partial charge in [0.2, 0.25) is 0 Å². The monoisotopic (exact) mass is 367 g/mol. The van der Waals surface area contributed by atoms with E-state index < -0.39 is 0 Å². The molecule has 2 aromatic carbocycles. The summed E-state index contributed by atoms with van der Waals surface area (Å²) >= 11 is 0. The van der Waals surface area contributed by atoms with Gasteiger partial charge in [0, 0.05) is 11.3 Å². The molecule has 4 rings (SSSR count). The van der Waals surface area contributed by atoms with Crippen molar-refractivity contribution >= 4 is 5.69 Å². The normalized spacial score (nSPS) is 15.1. The van der Waals surface area contributed by atoms with Crippen molar-refractivity contribution in [3.8, 4) is 17.0 Å². The number of methoxy groups -OCH3 is 1. The fraction of sp³-hybridized carbons (Fsp3) is 0.286. The van der Waals surface area contributed by atoms with Crippen LogP contribution in [0.3, 0.4) is 0 Å². The molecule has 3 aromatic rings. The highest BCUT2D eigenvalue weighted by atomic mass is 19.1. The maximum absolute atomic E-state index is 13.1. The van der Waals surface area contributed by atoms with Crippen LogP contribution in [0.4, 0.5) is 10.1 Å². The van der Waals surface area contributed by atoms with Crippen LogP contribution >= 0.6 is 0 Å². The summed E-state index contributed by atoms with van der Waals surface area (Å²) in [5.41, 5.74) is 4.52. The van der Waals surface area contributed by atoms with Gasteiger partial charge in [0.1, 0.15) is 18.1 Å². The number of benzene rings is 2. The number of nitrogens with zero attached hydrogens (tertiary/aromatic N) is 2. The minimum atomic E-state index is -0.186. The summed E-state index contributed by atoms with van der Waals surface area (Å²) in [6.45, 7) is 4.97. The predicted molar refractivity (Wildman–Crippen MR) is 104 cm³/mol. The fourth-order valence-electron chi connectivity index (χ4n) is 3.63. The number of ether oxygens (including phenoxy) is 1. The van der Waals surface area contributed by atoms with Crippen LogP contribution in [0.25, 0.3) is 11.3 Å². The van der Waals surface area contributed by atoms with Gasteiger partial charge in [0.25, 0.3) is 0 Å². The Bertz CT molecular complexity index is 868. The van der Waals surface area contributed by atoms with E-state index in [4.69, 9.17) is 4.74 Å². The second-order valence-electron chi connectivity index (χ2n) is 6.89. The zero-order chi connectivity index (χ0) is 18.6. The van der Waals surface area contributed by atoms with Crippen LogP contribution in [0.15, 0.2) is 54.7 Å². The molecule has 1 aliphatic heterocycles. The number of rotatable bonds is 5. The van der Waals surface area contributed by atoms with E-state index in [1.807, 2.05) is 30.5 Å². The Hall–Kier alpha value is -2.86. The topological polar surface area (TPSA) is 45.6 Å². The van der Waals surface area contributed by atoms with Gasteiger partial charge in [-0.05, 0) is 48.5 Å². The van der Waals surface area contributed by atoms with Crippen LogP contribution in [0.5, 0.6) is 5.75 Å². The molecule has 1 aliphatic rings. The maximum atomic E-state index is 13.1. The highest BCUT2D eigenvalue weighted by Crippen LogP contribution is 2.23. The molecule has 2 heterocycles. The number of aromatic nitrogens is 2. The van der Waals surface area contributed by atoms with Gasteiger partial charge in [0.15, 0.2) is 0 Å². The van der Waals surface area contributed by atoms with E-state index in [1.165, 1.54) is 22.6 Å². The SMILES string of the molecule is COc1ccc(-c2[nH]ncc2C[NH+]2CCN(c3ccc(F)cc3)CC2)cc1. The molecule has 0 radical (unpaired) electrons. The molecule has 2 N–H and O–H groups in total. The number of hydrogen-bond donors (Lipinski definition) is 2. The zero-order valence-corrected chi connectivity index (χ0v) is 15.4. The van der Waals surface area contributed by atoms with Crippen molar-refractivity contribution in [3.05, 3.63) is 66.1 Å². The average Bonchev–Trinajstić information content (AvgIpc) is 3.17. The molecule has 140 valence electrons. The Balaban J connectivity index is 1.39. The fourth-order valence-corrected chi connectivity index (χ4v) is 3.63. The molecule has 0 spiro atoms. The van der Waals surface area contributed by atoms with Crippen LogP contribution in [-0.2, 0) is 6.54 Å². The van der Waals surface area contributed by atoms with Gasteiger partial charge in [-0.25, -0.2) is 4.39 Å². The minimum Gasteiger partial charge on any atom is -0.497 e. The molecular formula is C21H24FN4O+. The van der Waals surface area contributed by atoms with Gasteiger partial charge < -0.3 is 14.5 Å². The molecule has 5 nitrogen and oxygen atoms in total. The molecule has 1 aromatic heterocycles. The first kappa shape index (κ1) is 17.5. The first-order valence-electron chi connectivity index (χ1n) is 9.23. The lowest BCUT2D eigenvalue weighted by molar-refractivity contribution is -0.914. The molecule has 1 saturated heterocycles. The largest absolute Gasteiger partial charge is 0.497 e. The molecule has 0 unspecified atom stereocenters. The highest BCUT2D eigenvalue weighted by molar-refractivity contribution is 5.63. The van der Waals surface area contributed by atoms with Crippen molar-refractivity contribution in [2.75, 3.05) is 38.2 Å². The van der Waals surface area contributed by atoms with Gasteiger partial charge in [-0.1, -0.05) is 0 Å². The summed E-state index contributed by atoms with van der Waals surface area (Å²) in [5, 5.41) is 7.40. The molecule has 0 aliphatic carbocycles. The van der Waals surface area contributed by atoms with Crippen molar-refractivity contribution in [3.63, 3.8) is 0 Å². The number of piperazine rings is 1. The Morgan fingerprint density at radius 2 is 1.78 bits per heavy atom. The number of aromatic amines is 1. The third-order valence-corrected chi connectivity index (χ3v) is 5.20. The zero-order valence-electron chi connectivity index (χ0n) is 15.4. The number of anilines is 1. The number of halogens is 1. The van der Waals surface area contributed by atoms with Gasteiger partial charge in [-0.3, -0.25) is 5.10 Å². The summed E-state index contributed by atoms with van der Waals surface area (Å²) < 4.78 is 18.3. The van der Waals surface area contributed by atoms with Crippen LogP contribution < -0.4 is 14.5 Å². The van der Waals surface area contributed by atoms with Gasteiger partial charge in [-0.15, -0.1) is 0 Å². The molecular weight excluding hydrogens is 343 g/mol. The minimum absolute atomic E-state index is 0.186. The second kappa shape index (κ2) is 7.80. The van der Waals surface area contributed by atoms with E-state index in [0.29, 0.717) is 0 Å².